The maximum Gasteiger partial charge on any atom is 0.253 e. The largest absolute Gasteiger partial charge is 0.349 e. The van der Waals surface area contributed by atoms with Gasteiger partial charge in [-0.1, -0.05) is 24.3 Å². The van der Waals surface area contributed by atoms with Crippen LogP contribution in [0.3, 0.4) is 0 Å². The molecule has 0 N–H and O–H groups in total. The molecule has 1 unspecified atom stereocenters. The highest BCUT2D eigenvalue weighted by Gasteiger charge is 2.36. The molecule has 0 saturated carbocycles. The van der Waals surface area contributed by atoms with E-state index in [9.17, 15) is 14.0 Å². The van der Waals surface area contributed by atoms with Gasteiger partial charge >= 0.3 is 0 Å². The number of halogens is 1. The number of carbonyl (C=O) groups is 2. The predicted octanol–water partition coefficient (Wildman–Crippen LogP) is 3.51. The van der Waals surface area contributed by atoms with Crippen molar-refractivity contribution in [1.82, 2.24) is 14.7 Å². The zero-order valence-corrected chi connectivity index (χ0v) is 18.3. The normalized spacial score (nSPS) is 19.7. The van der Waals surface area contributed by atoms with Gasteiger partial charge in [-0.25, -0.2) is 4.39 Å². The van der Waals surface area contributed by atoms with E-state index >= 15 is 0 Å². The minimum absolute atomic E-state index is 0.0400. The zero-order chi connectivity index (χ0) is 22.0. The van der Waals surface area contributed by atoms with Crippen LogP contribution in [0.4, 0.5) is 4.39 Å². The van der Waals surface area contributed by atoms with Crippen LogP contribution < -0.4 is 0 Å². The highest BCUT2D eigenvalue weighted by atomic mass is 19.1. The van der Waals surface area contributed by atoms with Gasteiger partial charge in [-0.2, -0.15) is 0 Å². The van der Waals surface area contributed by atoms with Gasteiger partial charge in [0.25, 0.3) is 5.91 Å². The van der Waals surface area contributed by atoms with Gasteiger partial charge in [0.2, 0.25) is 5.91 Å². The van der Waals surface area contributed by atoms with Crippen molar-refractivity contribution in [1.29, 1.82) is 0 Å². The molecule has 164 valence electrons. The second-order valence-corrected chi connectivity index (χ2v) is 8.72. The molecule has 0 bridgehead atoms. The highest BCUT2D eigenvalue weighted by molar-refractivity contribution is 5.94. The molecule has 6 heteroatoms. The lowest BCUT2D eigenvalue weighted by atomic mass is 9.87. The van der Waals surface area contributed by atoms with E-state index in [0.717, 1.165) is 25.8 Å². The molecule has 2 amide bonds. The van der Waals surface area contributed by atoms with Crippen LogP contribution in [0.15, 0.2) is 48.5 Å². The Kier molecular flexibility index (Phi) is 6.37. The number of nitrogens with zero attached hydrogens (tertiary/aromatic N) is 3. The summed E-state index contributed by atoms with van der Waals surface area (Å²) < 4.78 is 13.2. The quantitative estimate of drug-likeness (QED) is 0.756. The first kappa shape index (κ1) is 21.5. The summed E-state index contributed by atoms with van der Waals surface area (Å²) in [4.78, 5) is 31.4. The Balaban J connectivity index is 1.46. The summed E-state index contributed by atoms with van der Waals surface area (Å²) in [6.45, 7) is 2.28. The van der Waals surface area contributed by atoms with Crippen LogP contribution in [-0.2, 0) is 11.2 Å². The Morgan fingerprint density at radius 1 is 1.00 bits per heavy atom. The monoisotopic (exact) mass is 423 g/mol. The van der Waals surface area contributed by atoms with Gasteiger partial charge in [0, 0.05) is 57.8 Å². The van der Waals surface area contributed by atoms with Crippen molar-refractivity contribution in [2.75, 3.05) is 33.7 Å². The van der Waals surface area contributed by atoms with Crippen LogP contribution in [0.25, 0.3) is 0 Å². The van der Waals surface area contributed by atoms with E-state index in [-0.39, 0.29) is 23.7 Å². The third kappa shape index (κ3) is 4.64. The lowest BCUT2D eigenvalue weighted by molar-refractivity contribution is -0.130. The topological polar surface area (TPSA) is 43.9 Å². The lowest BCUT2D eigenvalue weighted by Gasteiger charge is -2.45. The summed E-state index contributed by atoms with van der Waals surface area (Å²) >= 11 is 0. The standard InChI is InChI=1S/C25H30FN3O2/c1-27(2)24(30)17-23-22-6-4-3-5-18(22)11-16-29(23)21-12-14-28(15-13-21)25(31)19-7-9-20(26)10-8-19/h3-10,21,23H,11-17H2,1-2H3. The van der Waals surface area contributed by atoms with Gasteiger partial charge in [0.05, 0.1) is 0 Å². The Morgan fingerprint density at radius 3 is 2.35 bits per heavy atom. The van der Waals surface area contributed by atoms with Crippen LogP contribution in [0, 0.1) is 5.82 Å². The number of carbonyl (C=O) groups excluding carboxylic acids is 2. The third-order valence-corrected chi connectivity index (χ3v) is 6.63. The van der Waals surface area contributed by atoms with Gasteiger partial charge in [-0.15, -0.1) is 0 Å². The van der Waals surface area contributed by atoms with Crippen LogP contribution in [0.2, 0.25) is 0 Å². The molecule has 0 aliphatic carbocycles. The van der Waals surface area contributed by atoms with Gasteiger partial charge in [-0.3, -0.25) is 14.5 Å². The van der Waals surface area contributed by atoms with Crippen molar-refractivity contribution in [3.63, 3.8) is 0 Å². The number of rotatable bonds is 4. The number of benzene rings is 2. The van der Waals surface area contributed by atoms with Gasteiger partial charge in [0.15, 0.2) is 0 Å². The molecule has 4 rings (SSSR count). The van der Waals surface area contributed by atoms with E-state index in [2.05, 4.69) is 29.2 Å². The summed E-state index contributed by atoms with van der Waals surface area (Å²) in [5.41, 5.74) is 3.12. The number of hydrogen-bond donors (Lipinski definition) is 0. The fraction of sp³-hybridized carbons (Fsp3) is 0.440. The molecule has 1 saturated heterocycles. The van der Waals surface area contributed by atoms with E-state index < -0.39 is 0 Å². The van der Waals surface area contributed by atoms with Crippen molar-refractivity contribution in [3.05, 3.63) is 71.0 Å². The summed E-state index contributed by atoms with van der Waals surface area (Å²) in [6, 6.07) is 14.6. The first-order chi connectivity index (χ1) is 14.9. The molecule has 1 atom stereocenters. The van der Waals surface area contributed by atoms with Crippen molar-refractivity contribution < 1.29 is 14.0 Å². The minimum Gasteiger partial charge on any atom is -0.349 e. The van der Waals surface area contributed by atoms with Crippen molar-refractivity contribution in [2.24, 2.45) is 0 Å². The number of amides is 2. The Hall–Kier alpha value is -2.73. The second kappa shape index (κ2) is 9.18. The fourth-order valence-electron chi connectivity index (χ4n) is 4.86. The summed E-state index contributed by atoms with van der Waals surface area (Å²) in [5, 5.41) is 0. The Labute approximate surface area is 183 Å². The zero-order valence-electron chi connectivity index (χ0n) is 18.3. The number of fused-ring (bicyclic) bond motifs is 1. The Bertz CT molecular complexity index is 936. The van der Waals surface area contributed by atoms with Crippen molar-refractivity contribution >= 4 is 11.8 Å². The maximum atomic E-state index is 13.2. The molecule has 1 fully saturated rings. The molecular formula is C25H30FN3O2. The molecule has 5 nitrogen and oxygen atoms in total. The van der Waals surface area contributed by atoms with Crippen LogP contribution in [-0.4, -0.2) is 66.3 Å². The van der Waals surface area contributed by atoms with E-state index in [0.29, 0.717) is 31.1 Å². The molecule has 31 heavy (non-hydrogen) atoms. The molecule has 2 heterocycles. The summed E-state index contributed by atoms with van der Waals surface area (Å²) in [5.74, 6) is -0.239. The van der Waals surface area contributed by atoms with Crippen LogP contribution in [0.1, 0.15) is 46.8 Å². The minimum atomic E-state index is -0.334. The molecular weight excluding hydrogens is 393 g/mol. The van der Waals surface area contributed by atoms with E-state index in [1.807, 2.05) is 4.90 Å². The average molecular weight is 424 g/mol. The van der Waals surface area contributed by atoms with E-state index in [4.69, 9.17) is 0 Å². The molecule has 2 aromatic rings. The third-order valence-electron chi connectivity index (χ3n) is 6.63. The maximum absolute atomic E-state index is 13.2. The molecule has 2 aliphatic heterocycles. The first-order valence-corrected chi connectivity index (χ1v) is 11.0. The van der Waals surface area contributed by atoms with Crippen molar-refractivity contribution in [3.8, 4) is 0 Å². The number of likely N-dealkylation sites (tertiary alicyclic amines) is 1. The van der Waals surface area contributed by atoms with Crippen LogP contribution >= 0.6 is 0 Å². The SMILES string of the molecule is CN(C)C(=O)CC1c2ccccc2CCN1C1CCN(C(=O)c2ccc(F)cc2)CC1. The smallest absolute Gasteiger partial charge is 0.253 e. The van der Waals surface area contributed by atoms with Crippen molar-refractivity contribution in [2.45, 2.75) is 37.8 Å². The summed E-state index contributed by atoms with van der Waals surface area (Å²) in [7, 11) is 3.61. The van der Waals surface area contributed by atoms with E-state index in [1.165, 1.54) is 23.3 Å². The average Bonchev–Trinajstić information content (AvgIpc) is 2.79. The fourth-order valence-corrected chi connectivity index (χ4v) is 4.86. The predicted molar refractivity (Wildman–Crippen MR) is 118 cm³/mol. The number of piperidine rings is 1. The first-order valence-electron chi connectivity index (χ1n) is 11.0. The highest BCUT2D eigenvalue weighted by Crippen LogP contribution is 2.36. The van der Waals surface area contributed by atoms with Crippen LogP contribution in [0.5, 0.6) is 0 Å². The van der Waals surface area contributed by atoms with E-state index in [1.54, 1.807) is 31.1 Å². The van der Waals surface area contributed by atoms with Gasteiger partial charge < -0.3 is 9.80 Å². The van der Waals surface area contributed by atoms with Gasteiger partial charge in [0.1, 0.15) is 5.82 Å². The molecule has 0 spiro atoms. The Morgan fingerprint density at radius 2 is 1.68 bits per heavy atom. The molecule has 0 aromatic heterocycles. The summed E-state index contributed by atoms with van der Waals surface area (Å²) in [6.07, 6.45) is 3.21. The molecule has 2 aliphatic rings. The lowest BCUT2D eigenvalue weighted by Crippen LogP contribution is -2.50. The molecule has 0 radical (unpaired) electrons. The number of hydrogen-bond acceptors (Lipinski definition) is 3. The molecule has 2 aromatic carbocycles. The second-order valence-electron chi connectivity index (χ2n) is 8.72. The van der Waals surface area contributed by atoms with Gasteiger partial charge in [-0.05, 0) is 54.7 Å².